The van der Waals surface area contributed by atoms with Gasteiger partial charge in [0.2, 0.25) is 5.91 Å². The van der Waals surface area contributed by atoms with Crippen molar-refractivity contribution in [2.45, 2.75) is 38.6 Å². The first-order valence-corrected chi connectivity index (χ1v) is 6.18. The smallest absolute Gasteiger partial charge is 0.239 e. The van der Waals surface area contributed by atoms with Gasteiger partial charge in [-0.25, -0.2) is 0 Å². The molecule has 4 heteroatoms. The molecule has 0 aliphatic carbocycles. The SMILES string of the molecule is COCCC(N)C(=O)N1CCCC(C)CC1. The van der Waals surface area contributed by atoms with E-state index in [1.54, 1.807) is 7.11 Å². The summed E-state index contributed by atoms with van der Waals surface area (Å²) in [6, 6.07) is -0.395. The highest BCUT2D eigenvalue weighted by atomic mass is 16.5. The van der Waals surface area contributed by atoms with Crippen LogP contribution < -0.4 is 5.73 Å². The lowest BCUT2D eigenvalue weighted by Crippen LogP contribution is -2.44. The van der Waals surface area contributed by atoms with E-state index in [0.29, 0.717) is 13.0 Å². The van der Waals surface area contributed by atoms with Gasteiger partial charge in [0.1, 0.15) is 0 Å². The molecule has 1 aliphatic rings. The van der Waals surface area contributed by atoms with Crippen LogP contribution >= 0.6 is 0 Å². The zero-order valence-electron chi connectivity index (χ0n) is 10.4. The third-order valence-corrected chi connectivity index (χ3v) is 3.28. The number of nitrogens with zero attached hydrogens (tertiary/aromatic N) is 1. The molecule has 1 heterocycles. The maximum Gasteiger partial charge on any atom is 0.239 e. The van der Waals surface area contributed by atoms with E-state index < -0.39 is 6.04 Å². The van der Waals surface area contributed by atoms with Gasteiger partial charge in [0.15, 0.2) is 0 Å². The van der Waals surface area contributed by atoms with Crippen LogP contribution in [0.1, 0.15) is 32.6 Å². The molecule has 2 N–H and O–H groups in total. The third-order valence-electron chi connectivity index (χ3n) is 3.28. The van der Waals surface area contributed by atoms with E-state index in [2.05, 4.69) is 6.92 Å². The fourth-order valence-electron chi connectivity index (χ4n) is 2.09. The molecule has 1 rings (SSSR count). The Kier molecular flexibility index (Phi) is 5.77. The van der Waals surface area contributed by atoms with Crippen LogP contribution in [0.5, 0.6) is 0 Å². The van der Waals surface area contributed by atoms with E-state index in [0.717, 1.165) is 31.8 Å². The van der Waals surface area contributed by atoms with Crippen molar-refractivity contribution in [1.82, 2.24) is 4.90 Å². The van der Waals surface area contributed by atoms with Gasteiger partial charge in [0, 0.05) is 26.8 Å². The summed E-state index contributed by atoms with van der Waals surface area (Å²) in [5.74, 6) is 0.819. The molecule has 0 aromatic heterocycles. The molecule has 1 fully saturated rings. The first kappa shape index (κ1) is 13.5. The lowest BCUT2D eigenvalue weighted by molar-refractivity contribution is -0.133. The Morgan fingerprint density at radius 2 is 2.25 bits per heavy atom. The van der Waals surface area contributed by atoms with E-state index in [1.807, 2.05) is 4.90 Å². The third kappa shape index (κ3) is 4.10. The number of likely N-dealkylation sites (tertiary alicyclic amines) is 1. The van der Waals surface area contributed by atoms with Crippen molar-refractivity contribution in [3.63, 3.8) is 0 Å². The molecule has 0 radical (unpaired) electrons. The number of amides is 1. The minimum Gasteiger partial charge on any atom is -0.385 e. The summed E-state index contributed by atoms with van der Waals surface area (Å²) in [7, 11) is 1.63. The van der Waals surface area contributed by atoms with E-state index in [9.17, 15) is 4.79 Å². The van der Waals surface area contributed by atoms with Crippen LogP contribution in [0.4, 0.5) is 0 Å². The zero-order valence-corrected chi connectivity index (χ0v) is 10.4. The minimum absolute atomic E-state index is 0.0890. The molecule has 0 aromatic rings. The van der Waals surface area contributed by atoms with Crippen LogP contribution in [0.15, 0.2) is 0 Å². The quantitative estimate of drug-likeness (QED) is 0.781. The largest absolute Gasteiger partial charge is 0.385 e. The first-order valence-electron chi connectivity index (χ1n) is 6.18. The van der Waals surface area contributed by atoms with Crippen molar-refractivity contribution in [2.75, 3.05) is 26.8 Å². The maximum absolute atomic E-state index is 12.0. The van der Waals surface area contributed by atoms with E-state index in [4.69, 9.17) is 10.5 Å². The van der Waals surface area contributed by atoms with E-state index in [1.165, 1.54) is 6.42 Å². The highest BCUT2D eigenvalue weighted by molar-refractivity contribution is 5.81. The molecule has 0 bridgehead atoms. The molecular formula is C12H24N2O2. The Morgan fingerprint density at radius 3 is 2.94 bits per heavy atom. The van der Waals surface area contributed by atoms with Crippen molar-refractivity contribution in [3.8, 4) is 0 Å². The molecular weight excluding hydrogens is 204 g/mol. The van der Waals surface area contributed by atoms with E-state index >= 15 is 0 Å². The summed E-state index contributed by atoms with van der Waals surface area (Å²) >= 11 is 0. The number of hydrogen-bond donors (Lipinski definition) is 1. The number of carbonyl (C=O) groups excluding carboxylic acids is 1. The van der Waals surface area contributed by atoms with Crippen LogP contribution in [0.2, 0.25) is 0 Å². The maximum atomic E-state index is 12.0. The zero-order chi connectivity index (χ0) is 12.0. The number of carbonyl (C=O) groups is 1. The Morgan fingerprint density at radius 1 is 1.50 bits per heavy atom. The Bertz CT molecular complexity index is 221. The monoisotopic (exact) mass is 228 g/mol. The van der Waals surface area contributed by atoms with Gasteiger partial charge in [-0.15, -0.1) is 0 Å². The molecule has 1 amide bonds. The number of methoxy groups -OCH3 is 1. The van der Waals surface area contributed by atoms with Crippen LogP contribution in [-0.4, -0.2) is 43.7 Å². The number of rotatable bonds is 4. The molecule has 2 atom stereocenters. The second-order valence-electron chi connectivity index (χ2n) is 4.75. The first-order chi connectivity index (χ1) is 7.65. The van der Waals surface area contributed by atoms with Gasteiger partial charge in [0.25, 0.3) is 0 Å². The number of ether oxygens (including phenoxy) is 1. The van der Waals surface area contributed by atoms with Gasteiger partial charge in [-0.05, 0) is 31.6 Å². The minimum atomic E-state index is -0.395. The molecule has 0 aromatic carbocycles. The predicted octanol–water partition coefficient (Wildman–Crippen LogP) is 0.999. The molecule has 2 unspecified atom stereocenters. The van der Waals surface area contributed by atoms with Crippen molar-refractivity contribution in [1.29, 1.82) is 0 Å². The van der Waals surface area contributed by atoms with Crippen LogP contribution in [0, 0.1) is 5.92 Å². The van der Waals surface area contributed by atoms with Gasteiger partial charge in [0.05, 0.1) is 6.04 Å². The fourth-order valence-corrected chi connectivity index (χ4v) is 2.09. The molecule has 1 saturated heterocycles. The van der Waals surface area contributed by atoms with Gasteiger partial charge in [-0.3, -0.25) is 4.79 Å². The summed E-state index contributed by atoms with van der Waals surface area (Å²) in [6.45, 7) is 4.53. The van der Waals surface area contributed by atoms with Gasteiger partial charge in [-0.2, -0.15) is 0 Å². The Labute approximate surface area is 98.1 Å². The highest BCUT2D eigenvalue weighted by Crippen LogP contribution is 2.17. The van der Waals surface area contributed by atoms with Crippen LogP contribution in [-0.2, 0) is 9.53 Å². The topological polar surface area (TPSA) is 55.6 Å². The van der Waals surface area contributed by atoms with Crippen LogP contribution in [0.25, 0.3) is 0 Å². The fraction of sp³-hybridized carbons (Fsp3) is 0.917. The summed E-state index contributed by atoms with van der Waals surface area (Å²) < 4.78 is 4.94. The molecule has 0 saturated carbocycles. The second-order valence-corrected chi connectivity index (χ2v) is 4.75. The molecule has 0 spiro atoms. The van der Waals surface area contributed by atoms with Crippen molar-refractivity contribution in [2.24, 2.45) is 11.7 Å². The van der Waals surface area contributed by atoms with E-state index in [-0.39, 0.29) is 5.91 Å². The molecule has 1 aliphatic heterocycles. The second kappa shape index (κ2) is 6.86. The average Bonchev–Trinajstić information content (AvgIpc) is 2.50. The Hall–Kier alpha value is -0.610. The molecule has 16 heavy (non-hydrogen) atoms. The molecule has 94 valence electrons. The predicted molar refractivity (Wildman–Crippen MR) is 64.1 cm³/mol. The lowest BCUT2D eigenvalue weighted by atomic mass is 10.0. The normalized spacial score (nSPS) is 23.9. The standard InChI is InChI=1S/C12H24N2O2/c1-10-4-3-7-14(8-5-10)12(15)11(13)6-9-16-2/h10-11H,3-9,13H2,1-2H3. The van der Waals surface area contributed by atoms with Crippen molar-refractivity contribution < 1.29 is 9.53 Å². The van der Waals surface area contributed by atoms with Crippen molar-refractivity contribution in [3.05, 3.63) is 0 Å². The number of hydrogen-bond acceptors (Lipinski definition) is 3. The summed E-state index contributed by atoms with van der Waals surface area (Å²) in [6.07, 6.45) is 4.03. The average molecular weight is 228 g/mol. The molecule has 4 nitrogen and oxygen atoms in total. The van der Waals surface area contributed by atoms with Gasteiger partial charge in [-0.1, -0.05) is 6.92 Å². The summed E-state index contributed by atoms with van der Waals surface area (Å²) in [5.41, 5.74) is 5.85. The van der Waals surface area contributed by atoms with Gasteiger partial charge >= 0.3 is 0 Å². The van der Waals surface area contributed by atoms with Crippen molar-refractivity contribution >= 4 is 5.91 Å². The summed E-state index contributed by atoms with van der Waals surface area (Å²) in [4.78, 5) is 13.9. The van der Waals surface area contributed by atoms with Crippen LogP contribution in [0.3, 0.4) is 0 Å². The highest BCUT2D eigenvalue weighted by Gasteiger charge is 2.22. The van der Waals surface area contributed by atoms with Gasteiger partial charge < -0.3 is 15.4 Å². The lowest BCUT2D eigenvalue weighted by Gasteiger charge is -2.24. The number of nitrogens with two attached hydrogens (primary N) is 1. The summed E-state index contributed by atoms with van der Waals surface area (Å²) in [5, 5.41) is 0. The Balaban J connectivity index is 2.39.